The summed E-state index contributed by atoms with van der Waals surface area (Å²) in [5, 5.41) is 0.327. The largest absolute Gasteiger partial charge is 0.464 e. The van der Waals surface area contributed by atoms with E-state index in [1.807, 2.05) is 0 Å². The third-order valence-electron chi connectivity index (χ3n) is 4.80. The van der Waals surface area contributed by atoms with Crippen molar-refractivity contribution in [1.29, 1.82) is 0 Å². The highest BCUT2D eigenvalue weighted by Crippen LogP contribution is 2.41. The van der Waals surface area contributed by atoms with Crippen LogP contribution >= 0.6 is 11.6 Å². The maximum atomic E-state index is 12.1. The Morgan fingerprint density at radius 3 is 2.48 bits per heavy atom. The van der Waals surface area contributed by atoms with Gasteiger partial charge in [0.1, 0.15) is 10.8 Å². The summed E-state index contributed by atoms with van der Waals surface area (Å²) in [7, 11) is 1.36. The molecule has 1 aromatic rings. The first-order valence-corrected chi connectivity index (χ1v) is 8.95. The highest BCUT2D eigenvalue weighted by molar-refractivity contribution is 6.35. The normalized spacial score (nSPS) is 18.7. The van der Waals surface area contributed by atoms with Gasteiger partial charge in [-0.05, 0) is 32.6 Å². The van der Waals surface area contributed by atoms with Crippen LogP contribution in [-0.2, 0) is 4.74 Å². The summed E-state index contributed by atoms with van der Waals surface area (Å²) in [6.45, 7) is 2.94. The molecule has 1 heterocycles. The third kappa shape index (κ3) is 3.44. The predicted molar refractivity (Wildman–Crippen MR) is 90.2 cm³/mol. The molecule has 2 saturated carbocycles. The van der Waals surface area contributed by atoms with E-state index in [9.17, 15) is 4.79 Å². The Bertz CT molecular complexity index is 583. The minimum Gasteiger partial charge on any atom is -0.464 e. The van der Waals surface area contributed by atoms with E-state index in [-0.39, 0.29) is 5.69 Å². The number of hydrogen-bond acceptors (Lipinski definition) is 5. The summed E-state index contributed by atoms with van der Waals surface area (Å²) >= 11 is 6.50. The van der Waals surface area contributed by atoms with Crippen molar-refractivity contribution in [2.24, 2.45) is 0 Å². The molecule has 126 valence electrons. The SMILES string of the molecule is CCN(c1nc(C2CC2)nc(C(=O)OC)c1Cl)C1CCCCC1. The molecule has 0 spiro atoms. The van der Waals surface area contributed by atoms with E-state index >= 15 is 0 Å². The minimum atomic E-state index is -0.486. The van der Waals surface area contributed by atoms with E-state index in [1.165, 1.54) is 26.4 Å². The zero-order chi connectivity index (χ0) is 16.4. The van der Waals surface area contributed by atoms with Gasteiger partial charge in [0.05, 0.1) is 7.11 Å². The maximum absolute atomic E-state index is 12.1. The van der Waals surface area contributed by atoms with E-state index in [2.05, 4.69) is 16.8 Å². The lowest BCUT2D eigenvalue weighted by molar-refractivity contribution is 0.0593. The molecule has 0 unspecified atom stereocenters. The second kappa shape index (κ2) is 7.04. The number of carbonyl (C=O) groups is 1. The number of esters is 1. The van der Waals surface area contributed by atoms with Gasteiger partial charge in [-0.3, -0.25) is 0 Å². The van der Waals surface area contributed by atoms with Gasteiger partial charge in [0.15, 0.2) is 11.5 Å². The Labute approximate surface area is 142 Å². The molecule has 0 amide bonds. The quantitative estimate of drug-likeness (QED) is 0.761. The van der Waals surface area contributed by atoms with Crippen LogP contribution in [0.25, 0.3) is 0 Å². The van der Waals surface area contributed by atoms with Gasteiger partial charge in [-0.2, -0.15) is 0 Å². The summed E-state index contributed by atoms with van der Waals surface area (Å²) in [6.07, 6.45) is 8.24. The van der Waals surface area contributed by atoms with E-state index in [4.69, 9.17) is 21.3 Å². The van der Waals surface area contributed by atoms with Crippen molar-refractivity contribution in [1.82, 2.24) is 9.97 Å². The molecular formula is C17H24ClN3O2. The fraction of sp³-hybridized carbons (Fsp3) is 0.706. The molecule has 2 aliphatic carbocycles. The summed E-state index contributed by atoms with van der Waals surface area (Å²) < 4.78 is 4.85. The Balaban J connectivity index is 2.01. The number of hydrogen-bond donors (Lipinski definition) is 0. The number of anilines is 1. The number of rotatable bonds is 5. The van der Waals surface area contributed by atoms with Crippen LogP contribution in [0.4, 0.5) is 5.82 Å². The number of ether oxygens (including phenoxy) is 1. The van der Waals surface area contributed by atoms with Crippen molar-refractivity contribution in [2.45, 2.75) is 63.8 Å². The molecule has 1 aromatic heterocycles. The Morgan fingerprint density at radius 2 is 1.91 bits per heavy atom. The lowest BCUT2D eigenvalue weighted by Gasteiger charge is -2.35. The van der Waals surface area contributed by atoms with Gasteiger partial charge in [0.2, 0.25) is 0 Å². The van der Waals surface area contributed by atoms with Crippen LogP contribution in [0.2, 0.25) is 5.02 Å². The van der Waals surface area contributed by atoms with Crippen molar-refractivity contribution in [3.05, 3.63) is 16.5 Å². The lowest BCUT2D eigenvalue weighted by atomic mass is 9.94. The van der Waals surface area contributed by atoms with Crippen molar-refractivity contribution in [2.75, 3.05) is 18.6 Å². The summed E-state index contributed by atoms with van der Waals surface area (Å²) in [5.74, 6) is 1.32. The summed E-state index contributed by atoms with van der Waals surface area (Å²) in [4.78, 5) is 23.4. The van der Waals surface area contributed by atoms with Crippen molar-refractivity contribution in [3.8, 4) is 0 Å². The van der Waals surface area contributed by atoms with E-state index in [0.29, 0.717) is 22.8 Å². The van der Waals surface area contributed by atoms with Gasteiger partial charge in [-0.25, -0.2) is 14.8 Å². The first kappa shape index (κ1) is 16.5. The second-order valence-corrected chi connectivity index (χ2v) is 6.79. The van der Waals surface area contributed by atoms with E-state index in [0.717, 1.165) is 38.1 Å². The molecule has 0 atom stereocenters. The average Bonchev–Trinajstić information content (AvgIpc) is 3.42. The van der Waals surface area contributed by atoms with Crippen LogP contribution in [0.1, 0.15) is 74.1 Å². The zero-order valence-electron chi connectivity index (χ0n) is 13.8. The molecule has 5 nitrogen and oxygen atoms in total. The molecule has 0 aromatic carbocycles. The molecular weight excluding hydrogens is 314 g/mol. The Kier molecular flexibility index (Phi) is 5.05. The van der Waals surface area contributed by atoms with Crippen LogP contribution < -0.4 is 4.90 Å². The standard InChI is InChI=1S/C17H24ClN3O2/c1-3-21(12-7-5-4-6-8-12)16-13(18)14(17(22)23-2)19-15(20-16)11-9-10-11/h11-12H,3-10H2,1-2H3. The van der Waals surface area contributed by atoms with Crippen LogP contribution in [0.3, 0.4) is 0 Å². The van der Waals surface area contributed by atoms with Crippen molar-refractivity contribution < 1.29 is 9.53 Å². The molecule has 2 aliphatic rings. The third-order valence-corrected chi connectivity index (χ3v) is 5.15. The van der Waals surface area contributed by atoms with Crippen LogP contribution in [0, 0.1) is 0 Å². The summed E-state index contributed by atoms with van der Waals surface area (Å²) in [6, 6.07) is 0.443. The number of aromatic nitrogens is 2. The second-order valence-electron chi connectivity index (χ2n) is 6.41. The number of halogens is 1. The number of methoxy groups -OCH3 is 1. The summed E-state index contributed by atoms with van der Waals surface area (Å²) in [5.41, 5.74) is 0.204. The average molecular weight is 338 g/mol. The molecule has 0 radical (unpaired) electrons. The monoisotopic (exact) mass is 337 g/mol. The molecule has 6 heteroatoms. The molecule has 0 saturated heterocycles. The van der Waals surface area contributed by atoms with Crippen LogP contribution in [0.15, 0.2) is 0 Å². The van der Waals surface area contributed by atoms with Gasteiger partial charge in [0.25, 0.3) is 0 Å². The van der Waals surface area contributed by atoms with E-state index in [1.54, 1.807) is 0 Å². The van der Waals surface area contributed by atoms with Crippen molar-refractivity contribution >= 4 is 23.4 Å². The first-order valence-electron chi connectivity index (χ1n) is 8.58. The Morgan fingerprint density at radius 1 is 1.22 bits per heavy atom. The molecule has 3 rings (SSSR count). The fourth-order valence-corrected chi connectivity index (χ4v) is 3.64. The molecule has 0 N–H and O–H groups in total. The maximum Gasteiger partial charge on any atom is 0.358 e. The fourth-order valence-electron chi connectivity index (χ4n) is 3.37. The van der Waals surface area contributed by atoms with Crippen molar-refractivity contribution in [3.63, 3.8) is 0 Å². The smallest absolute Gasteiger partial charge is 0.358 e. The topological polar surface area (TPSA) is 55.3 Å². The molecule has 23 heavy (non-hydrogen) atoms. The molecule has 2 fully saturated rings. The first-order chi connectivity index (χ1) is 11.2. The number of carbonyl (C=O) groups excluding carboxylic acids is 1. The van der Waals surface area contributed by atoms with E-state index < -0.39 is 5.97 Å². The zero-order valence-corrected chi connectivity index (χ0v) is 14.6. The van der Waals surface area contributed by atoms with Crippen LogP contribution in [0.5, 0.6) is 0 Å². The lowest BCUT2D eigenvalue weighted by Crippen LogP contribution is -2.38. The molecule has 0 bridgehead atoms. The number of nitrogens with zero attached hydrogens (tertiary/aromatic N) is 3. The highest BCUT2D eigenvalue weighted by Gasteiger charge is 2.32. The minimum absolute atomic E-state index is 0.204. The van der Waals surface area contributed by atoms with Gasteiger partial charge in [-0.15, -0.1) is 0 Å². The van der Waals surface area contributed by atoms with Gasteiger partial charge < -0.3 is 9.64 Å². The highest BCUT2D eigenvalue weighted by atomic mass is 35.5. The van der Waals surface area contributed by atoms with Gasteiger partial charge in [-0.1, -0.05) is 30.9 Å². The Hall–Kier alpha value is -1.36. The van der Waals surface area contributed by atoms with Gasteiger partial charge >= 0.3 is 5.97 Å². The van der Waals surface area contributed by atoms with Crippen LogP contribution in [-0.4, -0.2) is 35.6 Å². The van der Waals surface area contributed by atoms with Gasteiger partial charge in [0, 0.05) is 18.5 Å². The predicted octanol–water partition coefficient (Wildman–Crippen LogP) is 3.95. The molecule has 0 aliphatic heterocycles.